The summed E-state index contributed by atoms with van der Waals surface area (Å²) >= 11 is 3.99. The number of halogens is 1. The van der Waals surface area contributed by atoms with Crippen LogP contribution in [0.3, 0.4) is 0 Å². The molecule has 0 spiro atoms. The van der Waals surface area contributed by atoms with E-state index in [-0.39, 0.29) is 0 Å². The van der Waals surface area contributed by atoms with Crippen molar-refractivity contribution in [1.82, 2.24) is 0 Å². The Bertz CT molecular complexity index is 402. The summed E-state index contributed by atoms with van der Waals surface area (Å²) in [7, 11) is 0. The molecule has 1 aromatic rings. The van der Waals surface area contributed by atoms with Gasteiger partial charge in [0.15, 0.2) is 0 Å². The fraction of sp³-hybridized carbons (Fsp3) is 0.647. The first kappa shape index (κ1) is 14.1. The van der Waals surface area contributed by atoms with Crippen LogP contribution >= 0.6 is 15.9 Å². The summed E-state index contributed by atoms with van der Waals surface area (Å²) in [6.07, 6.45) is 8.18. The second-order valence-electron chi connectivity index (χ2n) is 6.32. The highest BCUT2D eigenvalue weighted by Crippen LogP contribution is 2.43. The summed E-state index contributed by atoms with van der Waals surface area (Å²) in [6, 6.07) is 6.83. The molecule has 1 aliphatic rings. The molecule has 0 amide bonds. The SMILES string of the molecule is Cc1ccc(C)c(CC(Br)C2(C)CCCCC2)c1. The first-order valence-electron chi connectivity index (χ1n) is 7.21. The van der Waals surface area contributed by atoms with Crippen LogP contribution in [-0.4, -0.2) is 4.83 Å². The maximum absolute atomic E-state index is 3.99. The van der Waals surface area contributed by atoms with Gasteiger partial charge in [-0.15, -0.1) is 0 Å². The smallest absolute Gasteiger partial charge is 0.0240 e. The van der Waals surface area contributed by atoms with Crippen LogP contribution in [0.1, 0.15) is 55.7 Å². The summed E-state index contributed by atoms with van der Waals surface area (Å²) in [4.78, 5) is 0.616. The van der Waals surface area contributed by atoms with Crippen LogP contribution in [0.5, 0.6) is 0 Å². The average molecular weight is 309 g/mol. The van der Waals surface area contributed by atoms with Crippen LogP contribution in [0, 0.1) is 19.3 Å². The average Bonchev–Trinajstić information content (AvgIpc) is 2.35. The third-order valence-corrected chi connectivity index (χ3v) is 6.08. The van der Waals surface area contributed by atoms with E-state index in [1.807, 2.05) is 0 Å². The quantitative estimate of drug-likeness (QED) is 0.639. The van der Waals surface area contributed by atoms with Crippen molar-refractivity contribution in [1.29, 1.82) is 0 Å². The Hall–Kier alpha value is -0.300. The van der Waals surface area contributed by atoms with Gasteiger partial charge < -0.3 is 0 Å². The number of hydrogen-bond donors (Lipinski definition) is 0. The summed E-state index contributed by atoms with van der Waals surface area (Å²) in [5, 5.41) is 0. The molecule has 100 valence electrons. The number of aryl methyl sites for hydroxylation is 2. The summed E-state index contributed by atoms with van der Waals surface area (Å²) in [5.74, 6) is 0. The number of benzene rings is 1. The summed E-state index contributed by atoms with van der Waals surface area (Å²) in [6.45, 7) is 6.89. The van der Waals surface area contributed by atoms with Crippen molar-refractivity contribution in [3.8, 4) is 0 Å². The molecule has 18 heavy (non-hydrogen) atoms. The van der Waals surface area contributed by atoms with Crippen molar-refractivity contribution >= 4 is 15.9 Å². The van der Waals surface area contributed by atoms with E-state index in [2.05, 4.69) is 54.9 Å². The van der Waals surface area contributed by atoms with Gasteiger partial charge in [0.2, 0.25) is 0 Å². The van der Waals surface area contributed by atoms with Crippen LogP contribution in [0.15, 0.2) is 18.2 Å². The van der Waals surface area contributed by atoms with E-state index in [0.29, 0.717) is 10.2 Å². The van der Waals surface area contributed by atoms with Gasteiger partial charge in [-0.2, -0.15) is 0 Å². The fourth-order valence-corrected chi connectivity index (χ4v) is 3.94. The molecule has 0 heterocycles. The molecule has 0 bridgehead atoms. The second kappa shape index (κ2) is 5.77. The molecule has 0 nitrogen and oxygen atoms in total. The molecular formula is C17H25Br. The van der Waals surface area contributed by atoms with Crippen LogP contribution in [0.25, 0.3) is 0 Å². The minimum absolute atomic E-state index is 0.494. The van der Waals surface area contributed by atoms with E-state index < -0.39 is 0 Å². The van der Waals surface area contributed by atoms with Crippen LogP contribution < -0.4 is 0 Å². The molecule has 1 saturated carbocycles. The lowest BCUT2D eigenvalue weighted by atomic mass is 9.72. The molecule has 0 radical (unpaired) electrons. The van der Waals surface area contributed by atoms with Crippen molar-refractivity contribution in [3.63, 3.8) is 0 Å². The van der Waals surface area contributed by atoms with E-state index in [1.165, 1.54) is 55.2 Å². The molecular weight excluding hydrogens is 284 g/mol. The van der Waals surface area contributed by atoms with Gasteiger partial charge in [-0.3, -0.25) is 0 Å². The van der Waals surface area contributed by atoms with Crippen molar-refractivity contribution in [2.24, 2.45) is 5.41 Å². The van der Waals surface area contributed by atoms with Crippen molar-refractivity contribution in [3.05, 3.63) is 34.9 Å². The molecule has 1 atom stereocenters. The maximum Gasteiger partial charge on any atom is 0.0240 e. The lowest BCUT2D eigenvalue weighted by Gasteiger charge is -2.38. The molecule has 1 heteroatoms. The maximum atomic E-state index is 3.99. The Labute approximate surface area is 120 Å². The predicted molar refractivity (Wildman–Crippen MR) is 83.5 cm³/mol. The van der Waals surface area contributed by atoms with Gasteiger partial charge in [-0.1, -0.05) is 65.9 Å². The summed E-state index contributed by atoms with van der Waals surface area (Å²) < 4.78 is 0. The second-order valence-corrected chi connectivity index (χ2v) is 7.42. The third kappa shape index (κ3) is 3.17. The van der Waals surface area contributed by atoms with E-state index in [1.54, 1.807) is 0 Å². The minimum atomic E-state index is 0.494. The lowest BCUT2D eigenvalue weighted by molar-refractivity contribution is 0.211. The summed E-state index contributed by atoms with van der Waals surface area (Å²) in [5.41, 5.74) is 4.83. The Morgan fingerprint density at radius 3 is 2.50 bits per heavy atom. The highest BCUT2D eigenvalue weighted by Gasteiger charge is 2.33. The highest BCUT2D eigenvalue weighted by molar-refractivity contribution is 9.09. The minimum Gasteiger partial charge on any atom is -0.0881 e. The number of hydrogen-bond acceptors (Lipinski definition) is 0. The van der Waals surface area contributed by atoms with Gasteiger partial charge in [0.1, 0.15) is 0 Å². The van der Waals surface area contributed by atoms with Crippen molar-refractivity contribution in [2.45, 2.75) is 64.1 Å². The molecule has 1 fully saturated rings. The van der Waals surface area contributed by atoms with Gasteiger partial charge in [-0.25, -0.2) is 0 Å². The van der Waals surface area contributed by atoms with Crippen molar-refractivity contribution in [2.75, 3.05) is 0 Å². The molecule has 2 rings (SSSR count). The van der Waals surface area contributed by atoms with Crippen LogP contribution in [0.2, 0.25) is 0 Å². The monoisotopic (exact) mass is 308 g/mol. The highest BCUT2D eigenvalue weighted by atomic mass is 79.9. The van der Waals surface area contributed by atoms with Crippen LogP contribution in [-0.2, 0) is 6.42 Å². The Balaban J connectivity index is 2.10. The zero-order valence-electron chi connectivity index (χ0n) is 11.9. The molecule has 0 aromatic heterocycles. The van der Waals surface area contributed by atoms with Gasteiger partial charge in [0, 0.05) is 4.83 Å². The standard InChI is InChI=1S/C17H25Br/c1-13-7-8-14(2)15(11-13)12-16(18)17(3)9-5-4-6-10-17/h7-8,11,16H,4-6,9-10,12H2,1-3H3. The third-order valence-electron chi connectivity index (χ3n) is 4.66. The first-order chi connectivity index (χ1) is 8.51. The van der Waals surface area contributed by atoms with Gasteiger partial charge in [0.05, 0.1) is 0 Å². The van der Waals surface area contributed by atoms with Gasteiger partial charge >= 0.3 is 0 Å². The van der Waals surface area contributed by atoms with E-state index in [4.69, 9.17) is 0 Å². The molecule has 0 aliphatic heterocycles. The zero-order valence-corrected chi connectivity index (χ0v) is 13.5. The zero-order chi connectivity index (χ0) is 13.2. The molecule has 1 aliphatic carbocycles. The Kier molecular flexibility index (Phi) is 4.53. The molecule has 0 saturated heterocycles. The fourth-order valence-electron chi connectivity index (χ4n) is 3.13. The number of rotatable bonds is 3. The van der Waals surface area contributed by atoms with Gasteiger partial charge in [-0.05, 0) is 49.7 Å². The van der Waals surface area contributed by atoms with Crippen LogP contribution in [0.4, 0.5) is 0 Å². The molecule has 1 unspecified atom stereocenters. The largest absolute Gasteiger partial charge is 0.0881 e. The van der Waals surface area contributed by atoms with Crippen molar-refractivity contribution < 1.29 is 0 Å². The molecule has 0 N–H and O–H groups in total. The predicted octanol–water partition coefficient (Wildman–Crippen LogP) is 5.58. The van der Waals surface area contributed by atoms with E-state index >= 15 is 0 Å². The number of alkyl halides is 1. The topological polar surface area (TPSA) is 0 Å². The first-order valence-corrected chi connectivity index (χ1v) is 8.13. The molecule has 1 aromatic carbocycles. The Morgan fingerprint density at radius 1 is 1.17 bits per heavy atom. The van der Waals surface area contributed by atoms with Gasteiger partial charge in [0.25, 0.3) is 0 Å². The Morgan fingerprint density at radius 2 is 1.83 bits per heavy atom. The van der Waals surface area contributed by atoms with E-state index in [9.17, 15) is 0 Å². The van der Waals surface area contributed by atoms with E-state index in [0.717, 1.165) is 0 Å². The lowest BCUT2D eigenvalue weighted by Crippen LogP contribution is -2.32. The normalized spacial score (nSPS) is 20.7.